The lowest BCUT2D eigenvalue weighted by Gasteiger charge is -2.30. The first kappa shape index (κ1) is 22.6. The van der Waals surface area contributed by atoms with E-state index in [1.165, 1.54) is 47.8 Å². The summed E-state index contributed by atoms with van der Waals surface area (Å²) in [7, 11) is -2.59. The van der Waals surface area contributed by atoms with Gasteiger partial charge in [-0.05, 0) is 49.2 Å². The van der Waals surface area contributed by atoms with E-state index in [-0.39, 0.29) is 28.0 Å². The molecule has 30 heavy (non-hydrogen) atoms. The third kappa shape index (κ3) is 4.78. The first-order valence-corrected chi connectivity index (χ1v) is 11.3. The molecule has 1 aliphatic rings. The number of carbonyl (C=O) groups is 2. The Kier molecular flexibility index (Phi) is 7.02. The highest BCUT2D eigenvalue weighted by Crippen LogP contribution is 2.33. The van der Waals surface area contributed by atoms with Gasteiger partial charge in [-0.25, -0.2) is 13.2 Å². The second kappa shape index (κ2) is 9.34. The van der Waals surface area contributed by atoms with Crippen LogP contribution >= 0.6 is 23.2 Å². The Bertz CT molecular complexity index is 1030. The number of methoxy groups -OCH3 is 1. The Morgan fingerprint density at radius 3 is 2.10 bits per heavy atom. The van der Waals surface area contributed by atoms with Crippen LogP contribution in [0, 0.1) is 5.92 Å². The molecular weight excluding hydrogens is 453 g/mol. The Morgan fingerprint density at radius 1 is 1.00 bits per heavy atom. The maximum atomic E-state index is 12.9. The zero-order valence-corrected chi connectivity index (χ0v) is 18.3. The predicted octanol–water partition coefficient (Wildman–Crippen LogP) is 3.79. The van der Waals surface area contributed by atoms with E-state index in [1.54, 1.807) is 6.07 Å². The summed E-state index contributed by atoms with van der Waals surface area (Å²) in [6.07, 6.45) is 0.612. The van der Waals surface area contributed by atoms with Crippen LogP contribution in [-0.2, 0) is 19.6 Å². The van der Waals surface area contributed by atoms with E-state index in [0.29, 0.717) is 24.2 Å². The molecule has 0 spiro atoms. The molecule has 0 N–H and O–H groups in total. The molecule has 0 radical (unpaired) electrons. The van der Waals surface area contributed by atoms with Crippen molar-refractivity contribution in [3.8, 4) is 5.75 Å². The molecule has 1 aliphatic heterocycles. The van der Waals surface area contributed by atoms with E-state index < -0.39 is 27.9 Å². The van der Waals surface area contributed by atoms with Gasteiger partial charge in [0, 0.05) is 13.1 Å². The number of sulfonamides is 1. The van der Waals surface area contributed by atoms with E-state index >= 15 is 0 Å². The van der Waals surface area contributed by atoms with Crippen LogP contribution in [-0.4, -0.2) is 44.9 Å². The summed E-state index contributed by atoms with van der Waals surface area (Å²) >= 11 is 12.1. The number of hydrogen-bond acceptors (Lipinski definition) is 6. The van der Waals surface area contributed by atoms with Crippen molar-refractivity contribution in [1.29, 1.82) is 0 Å². The number of benzene rings is 2. The summed E-state index contributed by atoms with van der Waals surface area (Å²) in [6.45, 7) is 0.288. The molecule has 1 saturated heterocycles. The molecule has 0 aliphatic carbocycles. The molecule has 0 saturated carbocycles. The fourth-order valence-corrected chi connectivity index (χ4v) is 5.73. The molecule has 1 heterocycles. The van der Waals surface area contributed by atoms with E-state index in [0.717, 1.165) is 0 Å². The average Bonchev–Trinajstić information content (AvgIpc) is 2.73. The number of halogens is 2. The Morgan fingerprint density at radius 2 is 1.57 bits per heavy atom. The normalized spacial score (nSPS) is 15.6. The van der Waals surface area contributed by atoms with Gasteiger partial charge in [-0.2, -0.15) is 4.31 Å². The third-order valence-corrected chi connectivity index (χ3v) is 7.65. The van der Waals surface area contributed by atoms with Crippen molar-refractivity contribution in [1.82, 2.24) is 4.31 Å². The first-order valence-electron chi connectivity index (χ1n) is 9.08. The molecule has 0 unspecified atom stereocenters. The molecule has 0 atom stereocenters. The van der Waals surface area contributed by atoms with Gasteiger partial charge in [0.25, 0.3) is 0 Å². The van der Waals surface area contributed by atoms with Gasteiger partial charge in [0.15, 0.2) is 0 Å². The Labute approximate surface area is 184 Å². The van der Waals surface area contributed by atoms with E-state index in [2.05, 4.69) is 4.74 Å². The smallest absolute Gasteiger partial charge is 0.337 e. The third-order valence-electron chi connectivity index (χ3n) is 4.80. The van der Waals surface area contributed by atoms with Crippen molar-refractivity contribution in [2.24, 2.45) is 5.92 Å². The first-order chi connectivity index (χ1) is 14.2. The number of esters is 2. The summed E-state index contributed by atoms with van der Waals surface area (Å²) in [5.74, 6) is -1.09. The summed E-state index contributed by atoms with van der Waals surface area (Å²) in [4.78, 5) is 23.8. The van der Waals surface area contributed by atoms with E-state index in [1.807, 2.05) is 0 Å². The Balaban J connectivity index is 1.62. The highest BCUT2D eigenvalue weighted by atomic mass is 35.5. The quantitative estimate of drug-likeness (QED) is 0.486. The summed E-state index contributed by atoms with van der Waals surface area (Å²) in [6, 6.07) is 10.5. The molecule has 0 bridgehead atoms. The number of hydrogen-bond donors (Lipinski definition) is 0. The van der Waals surface area contributed by atoms with Crippen molar-refractivity contribution in [3.05, 3.63) is 58.1 Å². The predicted molar refractivity (Wildman–Crippen MR) is 111 cm³/mol. The molecule has 10 heteroatoms. The van der Waals surface area contributed by atoms with Crippen LogP contribution in [0.2, 0.25) is 10.0 Å². The lowest BCUT2D eigenvalue weighted by atomic mass is 9.98. The summed E-state index contributed by atoms with van der Waals surface area (Å²) in [5, 5.41) is 0.110. The van der Waals surface area contributed by atoms with Crippen LogP contribution < -0.4 is 4.74 Å². The minimum atomic E-state index is -3.87. The maximum absolute atomic E-state index is 12.9. The molecule has 2 aromatic carbocycles. The second-order valence-corrected chi connectivity index (χ2v) is 9.36. The van der Waals surface area contributed by atoms with Crippen LogP contribution in [0.25, 0.3) is 0 Å². The summed E-state index contributed by atoms with van der Waals surface area (Å²) < 4.78 is 37.1. The van der Waals surface area contributed by atoms with Crippen LogP contribution in [0.1, 0.15) is 23.2 Å². The Hall–Kier alpha value is -2.13. The number of piperidine rings is 1. The van der Waals surface area contributed by atoms with Gasteiger partial charge in [-0.1, -0.05) is 29.3 Å². The zero-order chi connectivity index (χ0) is 21.9. The average molecular weight is 472 g/mol. The van der Waals surface area contributed by atoms with Gasteiger partial charge in [0.2, 0.25) is 10.0 Å². The number of ether oxygens (including phenoxy) is 2. The van der Waals surface area contributed by atoms with Crippen molar-refractivity contribution in [2.45, 2.75) is 17.7 Å². The fourth-order valence-electron chi connectivity index (χ4n) is 3.17. The number of carbonyl (C=O) groups excluding carboxylic acids is 2. The van der Waals surface area contributed by atoms with Gasteiger partial charge < -0.3 is 9.47 Å². The van der Waals surface area contributed by atoms with E-state index in [9.17, 15) is 18.0 Å². The minimum absolute atomic E-state index is 0.0550. The van der Waals surface area contributed by atoms with Crippen LogP contribution in [0.3, 0.4) is 0 Å². The lowest BCUT2D eigenvalue weighted by Crippen LogP contribution is -2.41. The number of rotatable bonds is 5. The highest BCUT2D eigenvalue weighted by molar-refractivity contribution is 7.89. The molecular formula is C20H19Cl2NO6S. The largest absolute Gasteiger partial charge is 0.465 e. The van der Waals surface area contributed by atoms with Gasteiger partial charge in [-0.3, -0.25) is 4.79 Å². The van der Waals surface area contributed by atoms with Crippen molar-refractivity contribution >= 4 is 45.2 Å². The maximum Gasteiger partial charge on any atom is 0.337 e. The van der Waals surface area contributed by atoms with Crippen LogP contribution in [0.4, 0.5) is 0 Å². The second-order valence-electron chi connectivity index (χ2n) is 6.67. The van der Waals surface area contributed by atoms with Crippen molar-refractivity contribution in [3.63, 3.8) is 0 Å². The van der Waals surface area contributed by atoms with Gasteiger partial charge >= 0.3 is 11.9 Å². The molecule has 160 valence electrons. The summed E-state index contributed by atoms with van der Waals surface area (Å²) in [5.41, 5.74) is 0.342. The SMILES string of the molecule is COC(=O)c1ccc(OC(=O)C2CCN(S(=O)(=O)c3c(Cl)cccc3Cl)CC2)cc1. The van der Waals surface area contributed by atoms with Crippen molar-refractivity contribution in [2.75, 3.05) is 20.2 Å². The highest BCUT2D eigenvalue weighted by Gasteiger charge is 2.35. The van der Waals surface area contributed by atoms with E-state index in [4.69, 9.17) is 27.9 Å². The standard InChI is InChI=1S/C20H19Cl2NO6S/c1-28-19(24)13-5-7-15(8-6-13)29-20(25)14-9-11-23(12-10-14)30(26,27)18-16(21)3-2-4-17(18)22/h2-8,14H,9-12H2,1H3. The molecule has 2 aromatic rings. The molecule has 1 fully saturated rings. The van der Waals surface area contributed by atoms with Crippen molar-refractivity contribution < 1.29 is 27.5 Å². The molecule has 7 nitrogen and oxygen atoms in total. The topological polar surface area (TPSA) is 90.0 Å². The van der Waals surface area contributed by atoms with Gasteiger partial charge in [0.1, 0.15) is 10.6 Å². The van der Waals surface area contributed by atoms with Crippen LogP contribution in [0.15, 0.2) is 47.4 Å². The monoisotopic (exact) mass is 471 g/mol. The fraction of sp³-hybridized carbons (Fsp3) is 0.300. The molecule has 0 amide bonds. The minimum Gasteiger partial charge on any atom is -0.465 e. The number of nitrogens with zero attached hydrogens (tertiary/aromatic N) is 1. The van der Waals surface area contributed by atoms with Crippen LogP contribution in [0.5, 0.6) is 5.75 Å². The molecule has 3 rings (SSSR count). The molecule has 0 aromatic heterocycles. The van der Waals surface area contributed by atoms with Gasteiger partial charge in [-0.15, -0.1) is 0 Å². The van der Waals surface area contributed by atoms with Gasteiger partial charge in [0.05, 0.1) is 28.6 Å². The lowest BCUT2D eigenvalue weighted by molar-refractivity contribution is -0.140. The zero-order valence-electron chi connectivity index (χ0n) is 16.0.